The highest BCUT2D eigenvalue weighted by atomic mass is 35.5. The number of carbonyl (C=O) groups is 2. The number of thiazole rings is 1. The van der Waals surface area contributed by atoms with E-state index in [-0.39, 0.29) is 16.3 Å². The minimum atomic E-state index is -1.04. The monoisotopic (exact) mass is 505 g/mol. The van der Waals surface area contributed by atoms with Crippen molar-refractivity contribution in [2.75, 3.05) is 4.90 Å². The van der Waals surface area contributed by atoms with E-state index in [2.05, 4.69) is 9.97 Å². The third-order valence-electron chi connectivity index (χ3n) is 5.63. The smallest absolute Gasteiger partial charge is 0.294 e. The number of carbonyl (C=O) groups excluding carboxylic acids is 2. The Bertz CT molecular complexity index is 1490. The van der Waals surface area contributed by atoms with Gasteiger partial charge in [0.1, 0.15) is 16.9 Å². The van der Waals surface area contributed by atoms with Gasteiger partial charge in [0, 0.05) is 17.4 Å². The zero-order chi connectivity index (χ0) is 24.7. The molecule has 6 nitrogen and oxygen atoms in total. The van der Waals surface area contributed by atoms with Crippen LogP contribution in [0.1, 0.15) is 27.1 Å². The number of amides is 1. The van der Waals surface area contributed by atoms with Crippen molar-refractivity contribution < 1.29 is 19.1 Å². The fourth-order valence-electron chi connectivity index (χ4n) is 3.99. The summed E-state index contributed by atoms with van der Waals surface area (Å²) in [5.74, 6) is -2.68. The predicted octanol–water partition coefficient (Wildman–Crippen LogP) is 6.09. The lowest BCUT2D eigenvalue weighted by atomic mass is 9.98. The van der Waals surface area contributed by atoms with E-state index in [0.29, 0.717) is 21.3 Å². The van der Waals surface area contributed by atoms with Gasteiger partial charge in [0.25, 0.3) is 5.91 Å². The molecule has 1 aliphatic rings. The molecular formula is C26H17ClFN3O3S. The number of halogens is 2. The van der Waals surface area contributed by atoms with Gasteiger partial charge in [-0.2, -0.15) is 0 Å². The Morgan fingerprint density at radius 2 is 1.86 bits per heavy atom. The van der Waals surface area contributed by atoms with E-state index in [1.807, 2.05) is 30.3 Å². The van der Waals surface area contributed by atoms with Crippen molar-refractivity contribution in [1.82, 2.24) is 9.97 Å². The zero-order valence-corrected chi connectivity index (χ0v) is 19.8. The third kappa shape index (κ3) is 4.00. The molecule has 5 rings (SSSR count). The van der Waals surface area contributed by atoms with Crippen molar-refractivity contribution >= 4 is 40.3 Å². The van der Waals surface area contributed by atoms with E-state index in [1.54, 1.807) is 25.1 Å². The van der Waals surface area contributed by atoms with Gasteiger partial charge < -0.3 is 5.11 Å². The molecule has 1 atom stereocenters. The van der Waals surface area contributed by atoms with Gasteiger partial charge in [-0.3, -0.25) is 19.5 Å². The number of benzene rings is 2. The van der Waals surface area contributed by atoms with Crippen LogP contribution in [0.2, 0.25) is 5.02 Å². The number of hydrogen-bond acceptors (Lipinski definition) is 6. The summed E-state index contributed by atoms with van der Waals surface area (Å²) in [5.41, 5.74) is 1.79. The number of aryl methyl sites for hydroxylation is 1. The molecule has 0 saturated carbocycles. The van der Waals surface area contributed by atoms with Gasteiger partial charge in [0.05, 0.1) is 26.9 Å². The highest BCUT2D eigenvalue weighted by molar-refractivity contribution is 7.17. The number of hydrogen-bond donors (Lipinski definition) is 1. The standard InChI is InChI=1S/C26H17ClFN3O3S/c1-14-24(35-25(30-14)15-7-3-2-4-8-15)22(32)20-21(19-9-5-6-12-29-19)31(26(34)23(20)33)16-10-11-18(28)17(27)13-16/h2-13,21,33H,1H3. The van der Waals surface area contributed by atoms with Crippen LogP contribution < -0.4 is 4.90 Å². The Morgan fingerprint density at radius 3 is 2.54 bits per heavy atom. The number of anilines is 1. The summed E-state index contributed by atoms with van der Waals surface area (Å²) < 4.78 is 13.8. The van der Waals surface area contributed by atoms with Crippen molar-refractivity contribution in [3.05, 3.63) is 111 Å². The molecule has 9 heteroatoms. The molecule has 35 heavy (non-hydrogen) atoms. The topological polar surface area (TPSA) is 83.4 Å². The molecule has 0 radical (unpaired) electrons. The van der Waals surface area contributed by atoms with Crippen molar-refractivity contribution in [3.8, 4) is 10.6 Å². The molecule has 3 heterocycles. The first kappa shape index (κ1) is 22.9. The molecule has 4 aromatic rings. The fourth-order valence-corrected chi connectivity index (χ4v) is 5.19. The van der Waals surface area contributed by atoms with Gasteiger partial charge in [0.2, 0.25) is 5.78 Å². The van der Waals surface area contributed by atoms with Crippen LogP contribution in [0, 0.1) is 12.7 Å². The highest BCUT2D eigenvalue weighted by Gasteiger charge is 2.46. The second-order valence-corrected chi connectivity index (χ2v) is 9.23. The highest BCUT2D eigenvalue weighted by Crippen LogP contribution is 2.43. The average Bonchev–Trinajstić information content (AvgIpc) is 3.39. The summed E-state index contributed by atoms with van der Waals surface area (Å²) in [5, 5.41) is 11.4. The van der Waals surface area contributed by atoms with Crippen molar-refractivity contribution in [3.63, 3.8) is 0 Å². The lowest BCUT2D eigenvalue weighted by Gasteiger charge is -2.26. The predicted molar refractivity (Wildman–Crippen MR) is 132 cm³/mol. The molecule has 0 bridgehead atoms. The number of rotatable bonds is 5. The maximum absolute atomic E-state index is 13.8. The minimum absolute atomic E-state index is 0.125. The van der Waals surface area contributed by atoms with Crippen LogP contribution in [-0.4, -0.2) is 26.8 Å². The van der Waals surface area contributed by atoms with E-state index >= 15 is 0 Å². The maximum atomic E-state index is 13.8. The molecule has 1 unspecified atom stereocenters. The molecule has 1 aliphatic heterocycles. The second-order valence-electron chi connectivity index (χ2n) is 7.82. The van der Waals surface area contributed by atoms with Crippen LogP contribution in [0.25, 0.3) is 10.6 Å². The number of nitrogens with zero attached hydrogens (tertiary/aromatic N) is 3. The number of aliphatic hydroxyl groups excluding tert-OH is 1. The van der Waals surface area contributed by atoms with Gasteiger partial charge >= 0.3 is 0 Å². The molecular weight excluding hydrogens is 489 g/mol. The Kier molecular flexibility index (Phi) is 5.92. The van der Waals surface area contributed by atoms with Crippen molar-refractivity contribution in [1.29, 1.82) is 0 Å². The molecule has 0 aliphatic carbocycles. The summed E-state index contributed by atoms with van der Waals surface area (Å²) in [6.07, 6.45) is 1.53. The number of aromatic nitrogens is 2. The van der Waals surface area contributed by atoms with Crippen molar-refractivity contribution in [2.24, 2.45) is 0 Å². The molecule has 2 aromatic heterocycles. The average molecular weight is 506 g/mol. The molecule has 1 N–H and O–H groups in total. The van der Waals surface area contributed by atoms with E-state index < -0.39 is 29.3 Å². The van der Waals surface area contributed by atoms with E-state index in [4.69, 9.17) is 11.6 Å². The van der Waals surface area contributed by atoms with Crippen LogP contribution in [0.5, 0.6) is 0 Å². The van der Waals surface area contributed by atoms with Gasteiger partial charge in [-0.1, -0.05) is 48.0 Å². The zero-order valence-electron chi connectivity index (χ0n) is 18.3. The number of ketones is 1. The number of Topliss-reactive ketones (excluding diaryl/α,β-unsaturated/α-hetero) is 1. The van der Waals surface area contributed by atoms with Gasteiger partial charge in [0.15, 0.2) is 5.76 Å². The molecule has 1 amide bonds. The molecule has 174 valence electrons. The Labute approximate surface area is 209 Å². The van der Waals surface area contributed by atoms with E-state index in [9.17, 15) is 19.1 Å². The van der Waals surface area contributed by atoms with E-state index in [1.165, 1.54) is 34.6 Å². The second kappa shape index (κ2) is 9.05. The van der Waals surface area contributed by atoms with Crippen LogP contribution >= 0.6 is 22.9 Å². The van der Waals surface area contributed by atoms with E-state index in [0.717, 1.165) is 11.6 Å². The number of pyridine rings is 1. The summed E-state index contributed by atoms with van der Waals surface area (Å²) in [7, 11) is 0. The first-order valence-electron chi connectivity index (χ1n) is 10.6. The van der Waals surface area contributed by atoms with Crippen LogP contribution in [0.3, 0.4) is 0 Å². The van der Waals surface area contributed by atoms with Gasteiger partial charge in [-0.25, -0.2) is 9.37 Å². The number of aliphatic hydroxyl groups is 1. The van der Waals surface area contributed by atoms with Crippen molar-refractivity contribution in [2.45, 2.75) is 13.0 Å². The summed E-state index contributed by atoms with van der Waals surface area (Å²) >= 11 is 7.15. The van der Waals surface area contributed by atoms with Gasteiger partial charge in [-0.15, -0.1) is 11.3 Å². The molecule has 0 saturated heterocycles. The Hall–Kier alpha value is -3.88. The normalized spacial score (nSPS) is 15.7. The first-order valence-corrected chi connectivity index (χ1v) is 11.8. The molecule has 0 spiro atoms. The summed E-state index contributed by atoms with van der Waals surface area (Å²) in [4.78, 5) is 37.4. The fraction of sp³-hybridized carbons (Fsp3) is 0.0769. The molecule has 0 fully saturated rings. The largest absolute Gasteiger partial charge is 0.503 e. The lowest BCUT2D eigenvalue weighted by molar-refractivity contribution is -0.117. The SMILES string of the molecule is Cc1nc(-c2ccccc2)sc1C(=O)C1=C(O)C(=O)N(c2ccc(F)c(Cl)c2)C1c1ccccn1. The quantitative estimate of drug-likeness (QED) is 0.332. The molecule has 2 aromatic carbocycles. The minimum Gasteiger partial charge on any atom is -0.503 e. The summed E-state index contributed by atoms with van der Waals surface area (Å²) in [6.45, 7) is 1.71. The summed E-state index contributed by atoms with van der Waals surface area (Å²) in [6, 6.07) is 17.2. The van der Waals surface area contributed by atoms with Crippen LogP contribution in [0.4, 0.5) is 10.1 Å². The third-order valence-corrected chi connectivity index (χ3v) is 7.12. The lowest BCUT2D eigenvalue weighted by Crippen LogP contribution is -2.31. The Morgan fingerprint density at radius 1 is 1.11 bits per heavy atom. The maximum Gasteiger partial charge on any atom is 0.294 e. The Balaban J connectivity index is 1.63. The van der Waals surface area contributed by atoms with Crippen LogP contribution in [-0.2, 0) is 4.79 Å². The first-order chi connectivity index (χ1) is 16.9. The van der Waals surface area contributed by atoms with Crippen LogP contribution in [0.15, 0.2) is 84.3 Å². The van der Waals surface area contributed by atoms with Gasteiger partial charge in [-0.05, 0) is 37.3 Å².